The molecule has 0 saturated heterocycles. The maximum absolute atomic E-state index is 12.9. The number of hydrogen-bond donors (Lipinski definition) is 0. The zero-order valence-corrected chi connectivity index (χ0v) is 18.2. The Labute approximate surface area is 176 Å². The highest BCUT2D eigenvalue weighted by Gasteiger charge is 2.22. The predicted molar refractivity (Wildman–Crippen MR) is 111 cm³/mol. The largest absolute Gasteiger partial charge is 0.336 e. The Bertz CT molecular complexity index is 1070. The van der Waals surface area contributed by atoms with Crippen LogP contribution in [0.1, 0.15) is 33.0 Å². The van der Waals surface area contributed by atoms with E-state index in [0.29, 0.717) is 30.0 Å². The molecule has 0 spiro atoms. The fourth-order valence-electron chi connectivity index (χ4n) is 3.21. The van der Waals surface area contributed by atoms with Crippen molar-refractivity contribution in [2.24, 2.45) is 7.05 Å². The van der Waals surface area contributed by atoms with Crippen LogP contribution in [0, 0.1) is 24.0 Å². The Balaban J connectivity index is 1.80. The first-order chi connectivity index (χ1) is 13.7. The van der Waals surface area contributed by atoms with Gasteiger partial charge in [-0.25, -0.2) is 0 Å². The van der Waals surface area contributed by atoms with E-state index in [4.69, 9.17) is 0 Å². The summed E-state index contributed by atoms with van der Waals surface area (Å²) in [6, 6.07) is 7.22. The Hall–Kier alpha value is -3.01. The van der Waals surface area contributed by atoms with Gasteiger partial charge in [0.2, 0.25) is 0 Å². The minimum atomic E-state index is -0.417. The quantitative estimate of drug-likeness (QED) is 0.415. The van der Waals surface area contributed by atoms with Crippen molar-refractivity contribution in [3.05, 3.63) is 73.3 Å². The number of aryl methyl sites for hydroxylation is 2. The maximum Gasteiger partial charge on any atom is 0.312 e. The molecule has 3 aromatic rings. The van der Waals surface area contributed by atoms with E-state index in [9.17, 15) is 14.9 Å². The average molecular weight is 461 g/mol. The fourth-order valence-corrected chi connectivity index (χ4v) is 3.69. The minimum Gasteiger partial charge on any atom is -0.336 e. The number of amides is 1. The molecule has 0 aliphatic heterocycles. The van der Waals surface area contributed by atoms with Gasteiger partial charge in [0, 0.05) is 19.7 Å². The van der Waals surface area contributed by atoms with Crippen LogP contribution in [0.3, 0.4) is 0 Å². The van der Waals surface area contributed by atoms with E-state index in [2.05, 4.69) is 26.1 Å². The molecule has 1 aromatic carbocycles. The van der Waals surface area contributed by atoms with Crippen LogP contribution in [0.5, 0.6) is 0 Å². The summed E-state index contributed by atoms with van der Waals surface area (Å²) in [5, 5.41) is 19.6. The summed E-state index contributed by atoms with van der Waals surface area (Å²) in [5.41, 5.74) is 3.17. The number of carbonyl (C=O) groups is 1. The summed E-state index contributed by atoms with van der Waals surface area (Å²) in [6.07, 6.45) is 1.70. The molecule has 0 atom stereocenters. The highest BCUT2D eigenvalue weighted by Crippen LogP contribution is 2.23. The normalized spacial score (nSPS) is 10.9. The number of benzene rings is 1. The number of halogens is 1. The number of nitro groups is 1. The van der Waals surface area contributed by atoms with Crippen molar-refractivity contribution in [3.63, 3.8) is 0 Å². The summed E-state index contributed by atoms with van der Waals surface area (Å²) >= 11 is 3.45. The van der Waals surface area contributed by atoms with Crippen molar-refractivity contribution in [2.75, 3.05) is 7.05 Å². The van der Waals surface area contributed by atoms with Gasteiger partial charge in [-0.3, -0.25) is 24.3 Å². The number of rotatable bonds is 6. The van der Waals surface area contributed by atoms with Crippen LogP contribution in [-0.4, -0.2) is 42.3 Å². The van der Waals surface area contributed by atoms with E-state index < -0.39 is 4.92 Å². The highest BCUT2D eigenvalue weighted by molar-refractivity contribution is 9.10. The third kappa shape index (κ3) is 4.21. The van der Waals surface area contributed by atoms with Crippen LogP contribution in [0.15, 0.2) is 34.9 Å². The lowest BCUT2D eigenvalue weighted by atomic mass is 10.1. The molecule has 0 aliphatic carbocycles. The van der Waals surface area contributed by atoms with Gasteiger partial charge in [0.1, 0.15) is 11.4 Å². The number of nitrogens with zero attached hydrogens (tertiary/aromatic N) is 6. The molecule has 0 saturated carbocycles. The van der Waals surface area contributed by atoms with E-state index >= 15 is 0 Å². The third-order valence-corrected chi connectivity index (χ3v) is 5.44. The molecular weight excluding hydrogens is 440 g/mol. The van der Waals surface area contributed by atoms with Crippen molar-refractivity contribution in [2.45, 2.75) is 26.9 Å². The topological polar surface area (TPSA) is 99.1 Å². The molecule has 0 fully saturated rings. The van der Waals surface area contributed by atoms with E-state index in [-0.39, 0.29) is 11.6 Å². The lowest BCUT2D eigenvalue weighted by Crippen LogP contribution is -2.27. The van der Waals surface area contributed by atoms with Crippen LogP contribution >= 0.6 is 15.9 Å². The fraction of sp³-hybridized carbons (Fsp3) is 0.316. The standard InChI is InChI=1S/C19H21BrN6O3/c1-12-18(26(28)29)13(2)25(22-12)10-14-6-5-7-15(8-14)19(27)23(3)11-17-16(20)9-21-24(17)4/h5-9H,10-11H2,1-4H3. The van der Waals surface area contributed by atoms with Gasteiger partial charge in [-0.2, -0.15) is 10.2 Å². The van der Waals surface area contributed by atoms with E-state index in [1.165, 1.54) is 0 Å². The van der Waals surface area contributed by atoms with Gasteiger partial charge in [-0.15, -0.1) is 0 Å². The van der Waals surface area contributed by atoms with Gasteiger partial charge < -0.3 is 4.90 Å². The summed E-state index contributed by atoms with van der Waals surface area (Å²) in [5.74, 6) is -0.126. The second-order valence-corrected chi connectivity index (χ2v) is 7.71. The molecule has 0 N–H and O–H groups in total. The number of aromatic nitrogens is 4. The molecule has 2 aromatic heterocycles. The summed E-state index contributed by atoms with van der Waals surface area (Å²) < 4.78 is 4.16. The molecule has 10 heteroatoms. The lowest BCUT2D eigenvalue weighted by Gasteiger charge is -2.18. The Morgan fingerprint density at radius 1 is 1.34 bits per heavy atom. The first kappa shape index (κ1) is 20.7. The molecule has 0 unspecified atom stereocenters. The van der Waals surface area contributed by atoms with Crippen LogP contribution in [-0.2, 0) is 20.1 Å². The Morgan fingerprint density at radius 3 is 2.66 bits per heavy atom. The van der Waals surface area contributed by atoms with Crippen LogP contribution in [0.25, 0.3) is 0 Å². The molecule has 3 rings (SSSR count). The zero-order valence-electron chi connectivity index (χ0n) is 16.6. The molecule has 2 heterocycles. The van der Waals surface area contributed by atoms with Gasteiger partial charge in [0.15, 0.2) is 0 Å². The van der Waals surface area contributed by atoms with Crippen molar-refractivity contribution in [3.8, 4) is 0 Å². The Kier molecular flexibility index (Phi) is 5.83. The zero-order chi connectivity index (χ0) is 21.3. The summed E-state index contributed by atoms with van der Waals surface area (Å²) in [4.78, 5) is 25.3. The molecule has 29 heavy (non-hydrogen) atoms. The molecular formula is C19H21BrN6O3. The maximum atomic E-state index is 12.9. The van der Waals surface area contributed by atoms with Crippen molar-refractivity contribution < 1.29 is 9.72 Å². The van der Waals surface area contributed by atoms with Gasteiger partial charge in [-0.1, -0.05) is 12.1 Å². The smallest absolute Gasteiger partial charge is 0.312 e. The second kappa shape index (κ2) is 8.16. The summed E-state index contributed by atoms with van der Waals surface area (Å²) in [6.45, 7) is 4.04. The molecule has 0 aliphatic rings. The monoisotopic (exact) mass is 460 g/mol. The van der Waals surface area contributed by atoms with Gasteiger partial charge in [0.05, 0.1) is 34.4 Å². The number of carbonyl (C=O) groups excluding carboxylic acids is 1. The molecule has 1 amide bonds. The van der Waals surface area contributed by atoms with Crippen LogP contribution < -0.4 is 0 Å². The second-order valence-electron chi connectivity index (χ2n) is 6.86. The minimum absolute atomic E-state index is 0.0266. The molecule has 152 valence electrons. The predicted octanol–water partition coefficient (Wildman–Crippen LogP) is 3.22. The van der Waals surface area contributed by atoms with Crippen LogP contribution in [0.4, 0.5) is 5.69 Å². The first-order valence-electron chi connectivity index (χ1n) is 8.88. The Morgan fingerprint density at radius 2 is 2.07 bits per heavy atom. The van der Waals surface area contributed by atoms with Gasteiger partial charge in [-0.05, 0) is 47.5 Å². The average Bonchev–Trinajstić information content (AvgIpc) is 3.13. The highest BCUT2D eigenvalue weighted by atomic mass is 79.9. The van der Waals surface area contributed by atoms with Crippen molar-refractivity contribution in [1.29, 1.82) is 0 Å². The molecule has 0 bridgehead atoms. The van der Waals surface area contributed by atoms with E-state index in [1.807, 2.05) is 13.1 Å². The van der Waals surface area contributed by atoms with Crippen molar-refractivity contribution in [1.82, 2.24) is 24.5 Å². The SMILES string of the molecule is Cc1nn(Cc2cccc(C(=O)N(C)Cc3c(Br)cnn3C)c2)c(C)c1[N+](=O)[O-]. The van der Waals surface area contributed by atoms with Gasteiger partial charge in [0.25, 0.3) is 5.91 Å². The summed E-state index contributed by atoms with van der Waals surface area (Å²) in [7, 11) is 3.56. The van der Waals surface area contributed by atoms with E-state index in [0.717, 1.165) is 15.7 Å². The third-order valence-electron chi connectivity index (χ3n) is 4.78. The van der Waals surface area contributed by atoms with Crippen molar-refractivity contribution >= 4 is 27.5 Å². The molecule has 9 nitrogen and oxygen atoms in total. The first-order valence-corrected chi connectivity index (χ1v) is 9.67. The lowest BCUT2D eigenvalue weighted by molar-refractivity contribution is -0.386. The number of hydrogen-bond acceptors (Lipinski definition) is 5. The van der Waals surface area contributed by atoms with Gasteiger partial charge >= 0.3 is 5.69 Å². The van der Waals surface area contributed by atoms with E-state index in [1.54, 1.807) is 59.6 Å². The molecule has 0 radical (unpaired) electrons. The van der Waals surface area contributed by atoms with Crippen LogP contribution in [0.2, 0.25) is 0 Å².